The van der Waals surface area contributed by atoms with Crippen LogP contribution in [-0.2, 0) is 20.8 Å². The van der Waals surface area contributed by atoms with E-state index in [-0.39, 0.29) is 39.7 Å². The fraction of sp³-hybridized carbons (Fsp3) is 0.529. The predicted octanol–water partition coefficient (Wildman–Crippen LogP) is 4.01. The number of carbonyl (C=O) groups excluding carboxylic acids is 1. The number of benzene rings is 1. The molecule has 1 aromatic carbocycles. The van der Waals surface area contributed by atoms with E-state index < -0.39 is 38.8 Å². The lowest BCUT2D eigenvalue weighted by molar-refractivity contribution is -0.137. The van der Waals surface area contributed by atoms with Crippen LogP contribution in [0.1, 0.15) is 25.8 Å². The van der Waals surface area contributed by atoms with Crippen molar-refractivity contribution in [2.24, 2.45) is 10.9 Å². The molecular formula is C17H18ClF3N2O3S2. The van der Waals surface area contributed by atoms with Gasteiger partial charge in [-0.2, -0.15) is 18.2 Å². The van der Waals surface area contributed by atoms with E-state index in [1.165, 1.54) is 4.90 Å². The zero-order chi connectivity index (χ0) is 20.9. The Kier molecular flexibility index (Phi) is 5.77. The Morgan fingerprint density at radius 2 is 2.04 bits per heavy atom. The number of sulfone groups is 1. The number of hydrogen-bond donors (Lipinski definition) is 0. The standard InChI is InChI=1S/C17H18ClF3N2O3S2/c1-9(2)5-15(24)22-16-23(13-7-28(25,26)8-14(13)27-16)12-6-10(17(19,20)21)3-4-11(12)18/h3-4,6,9,13-14H,5,7-8H2,1-2H3/t13-,14-/m1/s1. The lowest BCUT2D eigenvalue weighted by Crippen LogP contribution is -2.38. The molecule has 0 N–H and O–H groups in total. The summed E-state index contributed by atoms with van der Waals surface area (Å²) in [6, 6.07) is 2.23. The van der Waals surface area contributed by atoms with Gasteiger partial charge in [-0.05, 0) is 24.1 Å². The van der Waals surface area contributed by atoms with Crippen molar-refractivity contribution in [1.29, 1.82) is 0 Å². The van der Waals surface area contributed by atoms with E-state index in [1.54, 1.807) is 0 Å². The van der Waals surface area contributed by atoms with Crippen LogP contribution >= 0.6 is 23.4 Å². The number of carbonyl (C=O) groups is 1. The minimum Gasteiger partial charge on any atom is -0.314 e. The molecule has 0 bridgehead atoms. The summed E-state index contributed by atoms with van der Waals surface area (Å²) < 4.78 is 63.6. The van der Waals surface area contributed by atoms with Crippen LogP contribution in [0, 0.1) is 5.92 Å². The van der Waals surface area contributed by atoms with E-state index in [0.29, 0.717) is 0 Å². The second-order valence-electron chi connectivity index (χ2n) is 7.22. The SMILES string of the molecule is CC(C)CC(=O)N=C1S[C@@H]2CS(=O)(=O)C[C@H]2N1c1cc(C(F)(F)F)ccc1Cl. The largest absolute Gasteiger partial charge is 0.416 e. The summed E-state index contributed by atoms with van der Waals surface area (Å²) in [5.41, 5.74) is -0.904. The summed E-state index contributed by atoms with van der Waals surface area (Å²) in [5.74, 6) is -0.691. The fourth-order valence-electron chi connectivity index (χ4n) is 3.22. The van der Waals surface area contributed by atoms with Gasteiger partial charge < -0.3 is 4.90 Å². The number of amidine groups is 1. The Balaban J connectivity index is 2.07. The number of hydrogen-bond acceptors (Lipinski definition) is 4. The maximum atomic E-state index is 13.2. The van der Waals surface area contributed by atoms with Crippen molar-refractivity contribution in [3.8, 4) is 0 Å². The molecule has 2 heterocycles. The highest BCUT2D eigenvalue weighted by Gasteiger charge is 2.50. The average Bonchev–Trinajstić information content (AvgIpc) is 2.97. The first kappa shape index (κ1) is 21.4. The van der Waals surface area contributed by atoms with Crippen LogP contribution in [0.5, 0.6) is 0 Å². The molecule has 5 nitrogen and oxygen atoms in total. The summed E-state index contributed by atoms with van der Waals surface area (Å²) in [4.78, 5) is 17.6. The Hall–Kier alpha value is -1.26. The molecule has 11 heteroatoms. The Morgan fingerprint density at radius 3 is 2.64 bits per heavy atom. The molecule has 0 aromatic heterocycles. The third-order valence-electron chi connectivity index (χ3n) is 4.40. The number of anilines is 1. The summed E-state index contributed by atoms with van der Waals surface area (Å²) in [6.07, 6.45) is -4.40. The molecule has 2 saturated heterocycles. The number of halogens is 4. The normalized spacial score (nSPS) is 25.5. The highest BCUT2D eigenvalue weighted by Crippen LogP contribution is 2.44. The van der Waals surface area contributed by atoms with Gasteiger partial charge in [-0.1, -0.05) is 37.2 Å². The fourth-order valence-corrected chi connectivity index (χ4v) is 7.35. The highest BCUT2D eigenvalue weighted by molar-refractivity contribution is 8.16. The molecule has 28 heavy (non-hydrogen) atoms. The smallest absolute Gasteiger partial charge is 0.314 e. The third-order valence-corrected chi connectivity index (χ3v) is 7.93. The van der Waals surface area contributed by atoms with Crippen LogP contribution in [-0.4, -0.2) is 42.3 Å². The number of thioether (sulfide) groups is 1. The predicted molar refractivity (Wildman–Crippen MR) is 105 cm³/mol. The van der Waals surface area contributed by atoms with E-state index in [9.17, 15) is 26.4 Å². The molecule has 0 radical (unpaired) electrons. The van der Waals surface area contributed by atoms with Crippen LogP contribution in [0.3, 0.4) is 0 Å². The van der Waals surface area contributed by atoms with Crippen LogP contribution < -0.4 is 4.90 Å². The van der Waals surface area contributed by atoms with Crippen molar-refractivity contribution in [2.75, 3.05) is 16.4 Å². The minimum absolute atomic E-state index is 0.00434. The van der Waals surface area contributed by atoms with Crippen molar-refractivity contribution >= 4 is 50.0 Å². The molecule has 0 saturated carbocycles. The van der Waals surface area contributed by atoms with Crippen molar-refractivity contribution in [1.82, 2.24) is 0 Å². The van der Waals surface area contributed by atoms with E-state index in [1.807, 2.05) is 13.8 Å². The first-order valence-electron chi connectivity index (χ1n) is 8.52. The molecule has 0 aliphatic carbocycles. The van der Waals surface area contributed by atoms with Crippen molar-refractivity contribution in [3.05, 3.63) is 28.8 Å². The summed E-state index contributed by atoms with van der Waals surface area (Å²) in [7, 11) is -3.34. The van der Waals surface area contributed by atoms with Crippen molar-refractivity contribution in [2.45, 2.75) is 37.7 Å². The quantitative estimate of drug-likeness (QED) is 0.690. The molecule has 1 amide bonds. The van der Waals surface area contributed by atoms with Crippen molar-refractivity contribution < 1.29 is 26.4 Å². The Morgan fingerprint density at radius 1 is 1.36 bits per heavy atom. The molecule has 0 unspecified atom stereocenters. The maximum Gasteiger partial charge on any atom is 0.416 e. The van der Waals surface area contributed by atoms with Gasteiger partial charge in [0, 0.05) is 11.7 Å². The number of rotatable bonds is 3. The topological polar surface area (TPSA) is 66.8 Å². The summed E-state index contributed by atoms with van der Waals surface area (Å²) >= 11 is 7.27. The maximum absolute atomic E-state index is 13.2. The summed E-state index contributed by atoms with van der Waals surface area (Å²) in [6.45, 7) is 3.70. The highest BCUT2D eigenvalue weighted by atomic mass is 35.5. The molecule has 2 aliphatic rings. The van der Waals surface area contributed by atoms with Gasteiger partial charge in [-0.25, -0.2) is 8.42 Å². The van der Waals surface area contributed by atoms with Gasteiger partial charge >= 0.3 is 6.18 Å². The molecule has 2 atom stereocenters. The zero-order valence-electron chi connectivity index (χ0n) is 15.0. The first-order chi connectivity index (χ1) is 12.9. The molecule has 2 fully saturated rings. The van der Waals surface area contributed by atoms with Gasteiger partial charge in [0.25, 0.3) is 0 Å². The van der Waals surface area contributed by atoms with E-state index >= 15 is 0 Å². The van der Waals surface area contributed by atoms with Gasteiger partial charge in [-0.15, -0.1) is 0 Å². The van der Waals surface area contributed by atoms with Crippen LogP contribution in [0.25, 0.3) is 0 Å². The Bertz CT molecular complexity index is 932. The number of alkyl halides is 3. The van der Waals surface area contributed by atoms with E-state index in [4.69, 9.17) is 11.6 Å². The molecule has 2 aliphatic heterocycles. The lowest BCUT2D eigenvalue weighted by atomic mass is 10.1. The van der Waals surface area contributed by atoms with E-state index in [2.05, 4.69) is 4.99 Å². The van der Waals surface area contributed by atoms with Gasteiger partial charge in [0.1, 0.15) is 0 Å². The van der Waals surface area contributed by atoms with Gasteiger partial charge in [-0.3, -0.25) is 4.79 Å². The number of amides is 1. The number of nitrogens with zero attached hydrogens (tertiary/aromatic N) is 2. The lowest BCUT2D eigenvalue weighted by Gasteiger charge is -2.26. The first-order valence-corrected chi connectivity index (χ1v) is 11.6. The van der Waals surface area contributed by atoms with Crippen LogP contribution in [0.15, 0.2) is 23.2 Å². The molecule has 3 rings (SSSR count). The van der Waals surface area contributed by atoms with Gasteiger partial charge in [0.05, 0.1) is 33.8 Å². The van der Waals surface area contributed by atoms with Gasteiger partial charge in [0.15, 0.2) is 15.0 Å². The number of fused-ring (bicyclic) bond motifs is 1. The molecule has 0 spiro atoms. The van der Waals surface area contributed by atoms with Crippen molar-refractivity contribution in [3.63, 3.8) is 0 Å². The Labute approximate surface area is 170 Å². The van der Waals surface area contributed by atoms with E-state index in [0.717, 1.165) is 30.0 Å². The molecule has 1 aromatic rings. The van der Waals surface area contributed by atoms with Gasteiger partial charge in [0.2, 0.25) is 5.91 Å². The molecular weight excluding hydrogens is 437 g/mol. The third kappa shape index (κ3) is 4.49. The second kappa shape index (κ2) is 7.53. The minimum atomic E-state index is -4.59. The van der Waals surface area contributed by atoms with Crippen LogP contribution in [0.4, 0.5) is 18.9 Å². The average molecular weight is 455 g/mol. The molecule has 154 valence electrons. The zero-order valence-corrected chi connectivity index (χ0v) is 17.4. The second-order valence-corrected chi connectivity index (χ2v) is 11.0. The monoisotopic (exact) mass is 454 g/mol. The summed E-state index contributed by atoms with van der Waals surface area (Å²) in [5, 5.41) is -0.194. The number of aliphatic imine (C=N–C) groups is 1. The van der Waals surface area contributed by atoms with Crippen LogP contribution in [0.2, 0.25) is 5.02 Å².